The van der Waals surface area contributed by atoms with Crippen molar-refractivity contribution in [3.05, 3.63) is 0 Å². The van der Waals surface area contributed by atoms with Gasteiger partial charge in [-0.3, -0.25) is 9.69 Å². The molecule has 2 aliphatic heterocycles. The average Bonchev–Trinajstić information content (AvgIpc) is 2.67. The summed E-state index contributed by atoms with van der Waals surface area (Å²) < 4.78 is 0. The van der Waals surface area contributed by atoms with E-state index in [1.165, 1.54) is 25.8 Å². The lowest BCUT2D eigenvalue weighted by molar-refractivity contribution is -0.119. The summed E-state index contributed by atoms with van der Waals surface area (Å²) in [5.74, 6) is 0.229. The highest BCUT2D eigenvalue weighted by atomic mass is 16.1. The van der Waals surface area contributed by atoms with Gasteiger partial charge >= 0.3 is 0 Å². The molecule has 0 radical (unpaired) electrons. The van der Waals surface area contributed by atoms with Crippen molar-refractivity contribution in [3.63, 3.8) is 0 Å². The molecule has 92 valence electrons. The monoisotopic (exact) mass is 225 g/mol. The summed E-state index contributed by atoms with van der Waals surface area (Å²) in [6, 6.07) is 1.06. The van der Waals surface area contributed by atoms with Gasteiger partial charge in [0.05, 0.1) is 0 Å². The molecule has 2 atom stereocenters. The normalized spacial score (nSPS) is 31.7. The maximum atomic E-state index is 11.2. The first-order valence-electron chi connectivity index (χ1n) is 6.47. The molecule has 0 aromatic carbocycles. The van der Waals surface area contributed by atoms with E-state index >= 15 is 0 Å². The van der Waals surface area contributed by atoms with Crippen LogP contribution in [0.1, 0.15) is 32.1 Å². The Balaban J connectivity index is 1.83. The first-order valence-corrected chi connectivity index (χ1v) is 6.47. The fourth-order valence-electron chi connectivity index (χ4n) is 2.86. The summed E-state index contributed by atoms with van der Waals surface area (Å²) in [7, 11) is 2.02. The number of rotatable bonds is 4. The summed E-state index contributed by atoms with van der Waals surface area (Å²) in [4.78, 5) is 13.7. The summed E-state index contributed by atoms with van der Waals surface area (Å²) >= 11 is 0. The second-order valence-corrected chi connectivity index (χ2v) is 5.01. The van der Waals surface area contributed by atoms with Gasteiger partial charge in [-0.05, 0) is 32.9 Å². The van der Waals surface area contributed by atoms with Gasteiger partial charge in [0.15, 0.2) is 0 Å². The number of amides is 1. The van der Waals surface area contributed by atoms with Crippen LogP contribution in [-0.4, -0.2) is 49.6 Å². The van der Waals surface area contributed by atoms with Gasteiger partial charge < -0.3 is 10.6 Å². The Morgan fingerprint density at radius 3 is 3.00 bits per heavy atom. The molecule has 2 heterocycles. The van der Waals surface area contributed by atoms with Crippen LogP contribution in [0, 0.1) is 0 Å². The van der Waals surface area contributed by atoms with Crippen molar-refractivity contribution < 1.29 is 4.79 Å². The van der Waals surface area contributed by atoms with E-state index < -0.39 is 0 Å². The van der Waals surface area contributed by atoms with E-state index in [4.69, 9.17) is 0 Å². The number of likely N-dealkylation sites (N-methyl/N-ethyl adjacent to an activating group) is 1. The minimum Gasteiger partial charge on any atom is -0.352 e. The number of carbonyl (C=O) groups is 1. The molecule has 0 aromatic rings. The molecule has 0 bridgehead atoms. The molecule has 16 heavy (non-hydrogen) atoms. The molecule has 2 rings (SSSR count). The molecule has 0 spiro atoms. The van der Waals surface area contributed by atoms with Crippen LogP contribution >= 0.6 is 0 Å². The molecule has 2 fully saturated rings. The van der Waals surface area contributed by atoms with Crippen LogP contribution in [0.3, 0.4) is 0 Å². The Morgan fingerprint density at radius 2 is 2.31 bits per heavy atom. The lowest BCUT2D eigenvalue weighted by Gasteiger charge is -2.37. The van der Waals surface area contributed by atoms with Crippen molar-refractivity contribution >= 4 is 5.91 Å². The van der Waals surface area contributed by atoms with E-state index in [0.717, 1.165) is 25.9 Å². The maximum Gasteiger partial charge on any atom is 0.220 e. The number of hydrogen-bond donors (Lipinski definition) is 2. The van der Waals surface area contributed by atoms with Crippen molar-refractivity contribution in [3.8, 4) is 0 Å². The lowest BCUT2D eigenvalue weighted by atomic mass is 10.0. The van der Waals surface area contributed by atoms with E-state index in [-0.39, 0.29) is 5.91 Å². The Hall–Kier alpha value is -0.610. The largest absolute Gasteiger partial charge is 0.352 e. The highest BCUT2D eigenvalue weighted by Crippen LogP contribution is 2.18. The first-order chi connectivity index (χ1) is 7.79. The zero-order valence-electron chi connectivity index (χ0n) is 10.2. The lowest BCUT2D eigenvalue weighted by Crippen LogP contribution is -2.49. The molecule has 2 aliphatic rings. The molecule has 4 heteroatoms. The quantitative estimate of drug-likeness (QED) is 0.725. The number of likely N-dealkylation sites (tertiary alicyclic amines) is 1. The van der Waals surface area contributed by atoms with Gasteiger partial charge in [0.25, 0.3) is 0 Å². The molecule has 2 N–H and O–H groups in total. The molecule has 2 saturated heterocycles. The molecule has 4 nitrogen and oxygen atoms in total. The zero-order valence-corrected chi connectivity index (χ0v) is 10.2. The number of carbonyl (C=O) groups excluding carboxylic acids is 1. The Bertz CT molecular complexity index is 242. The number of hydrogen-bond acceptors (Lipinski definition) is 3. The van der Waals surface area contributed by atoms with Crippen LogP contribution in [0.2, 0.25) is 0 Å². The minimum absolute atomic E-state index is 0.229. The average molecular weight is 225 g/mol. The fraction of sp³-hybridized carbons (Fsp3) is 0.917. The smallest absolute Gasteiger partial charge is 0.220 e. The van der Waals surface area contributed by atoms with Crippen molar-refractivity contribution in [1.82, 2.24) is 15.5 Å². The van der Waals surface area contributed by atoms with Gasteiger partial charge in [-0.1, -0.05) is 6.42 Å². The molecule has 2 unspecified atom stereocenters. The number of nitrogens with one attached hydrogen (secondary N) is 2. The molecule has 0 aromatic heterocycles. The summed E-state index contributed by atoms with van der Waals surface area (Å²) in [5.41, 5.74) is 0. The molecule has 0 saturated carbocycles. The van der Waals surface area contributed by atoms with E-state index in [9.17, 15) is 4.79 Å². The van der Waals surface area contributed by atoms with Crippen LogP contribution in [0.15, 0.2) is 0 Å². The van der Waals surface area contributed by atoms with Crippen molar-refractivity contribution in [2.45, 2.75) is 44.2 Å². The predicted molar refractivity (Wildman–Crippen MR) is 64.3 cm³/mol. The highest BCUT2D eigenvalue weighted by molar-refractivity contribution is 5.78. The Kier molecular flexibility index (Phi) is 4.18. The van der Waals surface area contributed by atoms with Crippen molar-refractivity contribution in [2.75, 3.05) is 26.7 Å². The van der Waals surface area contributed by atoms with Gasteiger partial charge in [-0.2, -0.15) is 0 Å². The van der Waals surface area contributed by atoms with Crippen LogP contribution in [0.4, 0.5) is 0 Å². The standard InChI is InChI=1S/C12H23N3O/c1-13-8-11-4-2-3-7-15(11)9-10-5-6-12(16)14-10/h10-11,13H,2-9H2,1H3,(H,14,16). The van der Waals surface area contributed by atoms with Gasteiger partial charge in [0.1, 0.15) is 0 Å². The van der Waals surface area contributed by atoms with E-state index in [0.29, 0.717) is 12.1 Å². The van der Waals surface area contributed by atoms with E-state index in [1.807, 2.05) is 7.05 Å². The maximum absolute atomic E-state index is 11.2. The van der Waals surface area contributed by atoms with Crippen LogP contribution in [0.25, 0.3) is 0 Å². The van der Waals surface area contributed by atoms with Gasteiger partial charge in [0, 0.05) is 31.6 Å². The third-order valence-corrected chi connectivity index (χ3v) is 3.73. The zero-order chi connectivity index (χ0) is 11.4. The fourth-order valence-corrected chi connectivity index (χ4v) is 2.86. The number of nitrogens with zero attached hydrogens (tertiary/aromatic N) is 1. The third kappa shape index (κ3) is 2.95. The van der Waals surface area contributed by atoms with Gasteiger partial charge in [0.2, 0.25) is 5.91 Å². The van der Waals surface area contributed by atoms with Crippen LogP contribution < -0.4 is 10.6 Å². The minimum atomic E-state index is 0.229. The first kappa shape index (κ1) is 11.9. The van der Waals surface area contributed by atoms with Crippen LogP contribution in [0.5, 0.6) is 0 Å². The molecular formula is C12H23N3O. The van der Waals surface area contributed by atoms with Gasteiger partial charge in [-0.25, -0.2) is 0 Å². The van der Waals surface area contributed by atoms with E-state index in [1.54, 1.807) is 0 Å². The van der Waals surface area contributed by atoms with Crippen LogP contribution in [-0.2, 0) is 4.79 Å². The predicted octanol–water partition coefficient (Wildman–Crippen LogP) is 0.339. The molecule has 0 aliphatic carbocycles. The SMILES string of the molecule is CNCC1CCCCN1CC1CCC(=O)N1. The van der Waals surface area contributed by atoms with Gasteiger partial charge in [-0.15, -0.1) is 0 Å². The molecule has 1 amide bonds. The topological polar surface area (TPSA) is 44.4 Å². The second kappa shape index (κ2) is 5.64. The van der Waals surface area contributed by atoms with Crippen molar-refractivity contribution in [1.29, 1.82) is 0 Å². The molecular weight excluding hydrogens is 202 g/mol. The van der Waals surface area contributed by atoms with E-state index in [2.05, 4.69) is 15.5 Å². The third-order valence-electron chi connectivity index (χ3n) is 3.73. The highest BCUT2D eigenvalue weighted by Gasteiger charge is 2.27. The number of piperidine rings is 1. The Labute approximate surface area is 97.8 Å². The summed E-state index contributed by atoms with van der Waals surface area (Å²) in [5, 5.41) is 6.33. The Morgan fingerprint density at radius 1 is 1.44 bits per heavy atom. The second-order valence-electron chi connectivity index (χ2n) is 5.01. The van der Waals surface area contributed by atoms with Crippen molar-refractivity contribution in [2.24, 2.45) is 0 Å². The summed E-state index contributed by atoms with van der Waals surface area (Å²) in [6.07, 6.45) is 5.68. The summed E-state index contributed by atoms with van der Waals surface area (Å²) in [6.45, 7) is 3.30.